The Kier molecular flexibility index (Phi) is 4.28. The summed E-state index contributed by atoms with van der Waals surface area (Å²) in [6, 6.07) is 8.07. The molecule has 1 atom stereocenters. The third-order valence-electron chi connectivity index (χ3n) is 3.88. The van der Waals surface area contributed by atoms with Crippen LogP contribution in [0, 0.1) is 0 Å². The summed E-state index contributed by atoms with van der Waals surface area (Å²) in [5.41, 5.74) is 4.59. The number of nitrogens with zero attached hydrogens (tertiary/aromatic N) is 1. The first kappa shape index (κ1) is 13.4. The van der Waals surface area contributed by atoms with E-state index < -0.39 is 0 Å². The molecule has 1 unspecified atom stereocenters. The van der Waals surface area contributed by atoms with Gasteiger partial charge in [-0.2, -0.15) is 0 Å². The minimum absolute atomic E-state index is 0.590. The number of anilines is 1. The van der Waals surface area contributed by atoms with Crippen molar-refractivity contribution in [2.24, 2.45) is 0 Å². The van der Waals surface area contributed by atoms with Gasteiger partial charge in [-0.15, -0.1) is 0 Å². The van der Waals surface area contributed by atoms with Crippen LogP contribution in [0.25, 0.3) is 0 Å². The highest BCUT2D eigenvalue weighted by Crippen LogP contribution is 2.37. The zero-order valence-corrected chi connectivity index (χ0v) is 12.2. The Bertz CT molecular complexity index is 398. The van der Waals surface area contributed by atoms with Crippen LogP contribution in [0.1, 0.15) is 38.3 Å². The predicted molar refractivity (Wildman–Crippen MR) is 79.5 cm³/mol. The van der Waals surface area contributed by atoms with E-state index in [1.807, 2.05) is 7.05 Å². The molecule has 0 fully saturated rings. The quantitative estimate of drug-likeness (QED) is 0.804. The van der Waals surface area contributed by atoms with E-state index >= 15 is 0 Å². The van der Waals surface area contributed by atoms with Gasteiger partial charge in [0.05, 0.1) is 0 Å². The fourth-order valence-electron chi connectivity index (χ4n) is 3.20. The lowest BCUT2D eigenvalue weighted by atomic mass is 10.0. The molecule has 0 saturated carbocycles. The molecule has 2 heteroatoms. The van der Waals surface area contributed by atoms with Gasteiger partial charge in [-0.25, -0.2) is 0 Å². The van der Waals surface area contributed by atoms with Gasteiger partial charge < -0.3 is 10.2 Å². The Morgan fingerprint density at radius 3 is 2.83 bits per heavy atom. The van der Waals surface area contributed by atoms with E-state index in [1.165, 1.54) is 36.1 Å². The molecule has 0 saturated heterocycles. The van der Waals surface area contributed by atoms with E-state index in [9.17, 15) is 0 Å². The number of fused-ring (bicyclic) bond motifs is 1. The molecule has 1 aromatic rings. The number of nitrogens with one attached hydrogen (secondary N) is 1. The maximum absolute atomic E-state index is 3.23. The summed E-state index contributed by atoms with van der Waals surface area (Å²) < 4.78 is 0. The Hall–Kier alpha value is -1.02. The van der Waals surface area contributed by atoms with Crippen molar-refractivity contribution < 1.29 is 0 Å². The van der Waals surface area contributed by atoms with Crippen molar-refractivity contribution in [1.29, 1.82) is 0 Å². The summed E-state index contributed by atoms with van der Waals surface area (Å²) in [6.07, 6.45) is 3.60. The molecule has 2 nitrogen and oxygen atoms in total. The molecule has 0 radical (unpaired) electrons. The van der Waals surface area contributed by atoms with Crippen molar-refractivity contribution in [1.82, 2.24) is 5.32 Å². The summed E-state index contributed by atoms with van der Waals surface area (Å²) in [4.78, 5) is 2.60. The number of rotatable bonds is 5. The van der Waals surface area contributed by atoms with Gasteiger partial charge in [-0.3, -0.25) is 0 Å². The van der Waals surface area contributed by atoms with Gasteiger partial charge in [0.1, 0.15) is 0 Å². The van der Waals surface area contributed by atoms with E-state index in [4.69, 9.17) is 0 Å². The summed E-state index contributed by atoms with van der Waals surface area (Å²) in [5, 5.41) is 3.23. The highest BCUT2D eigenvalue weighted by atomic mass is 15.2. The third-order valence-corrected chi connectivity index (χ3v) is 3.88. The second kappa shape index (κ2) is 5.75. The summed E-state index contributed by atoms with van der Waals surface area (Å²) >= 11 is 0. The van der Waals surface area contributed by atoms with Crippen molar-refractivity contribution in [2.75, 3.05) is 18.5 Å². The number of hydrogen-bond donors (Lipinski definition) is 1. The van der Waals surface area contributed by atoms with Gasteiger partial charge in [-0.1, -0.05) is 18.2 Å². The van der Waals surface area contributed by atoms with E-state index in [1.54, 1.807) is 0 Å². The molecule has 18 heavy (non-hydrogen) atoms. The molecule has 1 N–H and O–H groups in total. The lowest BCUT2D eigenvalue weighted by Crippen LogP contribution is -2.36. The Balaban J connectivity index is 2.25. The van der Waals surface area contributed by atoms with Crippen molar-refractivity contribution >= 4 is 5.69 Å². The monoisotopic (exact) mass is 246 g/mol. The molecule has 0 bridgehead atoms. The van der Waals surface area contributed by atoms with Crippen molar-refractivity contribution in [3.63, 3.8) is 0 Å². The molecule has 0 spiro atoms. The van der Waals surface area contributed by atoms with E-state index in [2.05, 4.69) is 49.2 Å². The normalized spacial score (nSPS) is 18.5. The number of para-hydroxylation sites is 1. The summed E-state index contributed by atoms with van der Waals surface area (Å²) in [6.45, 7) is 8.05. The van der Waals surface area contributed by atoms with Gasteiger partial charge in [0.25, 0.3) is 0 Å². The Morgan fingerprint density at radius 1 is 1.39 bits per heavy atom. The average Bonchev–Trinajstić information content (AvgIpc) is 2.66. The predicted octanol–water partition coefficient (Wildman–Crippen LogP) is 3.00. The SMILES string of the molecule is CNCCCc1cccc2c1N(C(C)C)C(C)C2. The van der Waals surface area contributed by atoms with Crippen LogP contribution in [0.4, 0.5) is 5.69 Å². The lowest BCUT2D eigenvalue weighted by Gasteiger charge is -2.31. The number of hydrogen-bond acceptors (Lipinski definition) is 2. The van der Waals surface area contributed by atoms with Crippen molar-refractivity contribution in [3.05, 3.63) is 29.3 Å². The van der Waals surface area contributed by atoms with Crippen molar-refractivity contribution in [2.45, 2.75) is 52.1 Å². The fourth-order valence-corrected chi connectivity index (χ4v) is 3.20. The first-order chi connectivity index (χ1) is 8.65. The average molecular weight is 246 g/mol. The largest absolute Gasteiger partial charge is 0.366 e. The zero-order valence-electron chi connectivity index (χ0n) is 12.2. The van der Waals surface area contributed by atoms with Crippen LogP contribution < -0.4 is 10.2 Å². The van der Waals surface area contributed by atoms with Crippen LogP contribution >= 0.6 is 0 Å². The summed E-state index contributed by atoms with van der Waals surface area (Å²) in [5.74, 6) is 0. The number of aryl methyl sites for hydroxylation is 1. The van der Waals surface area contributed by atoms with E-state index in [0.717, 1.165) is 6.54 Å². The molecule has 1 heterocycles. The van der Waals surface area contributed by atoms with Crippen molar-refractivity contribution in [3.8, 4) is 0 Å². The maximum atomic E-state index is 3.23. The van der Waals surface area contributed by atoms with Crippen LogP contribution in [0.15, 0.2) is 18.2 Å². The van der Waals surface area contributed by atoms with E-state index in [0.29, 0.717) is 12.1 Å². The molecular weight excluding hydrogens is 220 g/mol. The minimum atomic E-state index is 0.590. The molecule has 1 aromatic carbocycles. The van der Waals surface area contributed by atoms with Crippen LogP contribution in [-0.2, 0) is 12.8 Å². The Labute approximate surface area is 111 Å². The van der Waals surface area contributed by atoms with Gasteiger partial charge in [0.2, 0.25) is 0 Å². The fraction of sp³-hybridized carbons (Fsp3) is 0.625. The van der Waals surface area contributed by atoms with Crippen LogP contribution in [0.5, 0.6) is 0 Å². The molecule has 2 rings (SSSR count). The van der Waals surface area contributed by atoms with Gasteiger partial charge in [-0.05, 0) is 64.8 Å². The number of benzene rings is 1. The van der Waals surface area contributed by atoms with Gasteiger partial charge in [0, 0.05) is 17.8 Å². The van der Waals surface area contributed by atoms with Crippen LogP contribution in [-0.4, -0.2) is 25.7 Å². The van der Waals surface area contributed by atoms with Crippen LogP contribution in [0.2, 0.25) is 0 Å². The lowest BCUT2D eigenvalue weighted by molar-refractivity contribution is 0.603. The Morgan fingerprint density at radius 2 is 2.17 bits per heavy atom. The molecular formula is C16H26N2. The molecule has 100 valence electrons. The smallest absolute Gasteiger partial charge is 0.0436 e. The highest BCUT2D eigenvalue weighted by Gasteiger charge is 2.29. The standard InChI is InChI=1S/C16H26N2/c1-12(2)18-13(3)11-15-8-5-7-14(16(15)18)9-6-10-17-4/h5,7-8,12-13,17H,6,9-11H2,1-4H3. The van der Waals surface area contributed by atoms with Gasteiger partial charge >= 0.3 is 0 Å². The second-order valence-corrected chi connectivity index (χ2v) is 5.69. The molecule has 1 aliphatic heterocycles. The highest BCUT2D eigenvalue weighted by molar-refractivity contribution is 5.65. The zero-order chi connectivity index (χ0) is 13.1. The summed E-state index contributed by atoms with van der Waals surface area (Å²) in [7, 11) is 2.03. The first-order valence-corrected chi connectivity index (χ1v) is 7.18. The van der Waals surface area contributed by atoms with E-state index in [-0.39, 0.29) is 0 Å². The van der Waals surface area contributed by atoms with Gasteiger partial charge in [0.15, 0.2) is 0 Å². The minimum Gasteiger partial charge on any atom is -0.366 e. The third kappa shape index (κ3) is 2.54. The second-order valence-electron chi connectivity index (χ2n) is 5.69. The molecule has 0 aromatic heterocycles. The molecule has 0 aliphatic carbocycles. The molecule has 0 amide bonds. The maximum Gasteiger partial charge on any atom is 0.0436 e. The first-order valence-electron chi connectivity index (χ1n) is 7.18. The molecule has 1 aliphatic rings. The van der Waals surface area contributed by atoms with Crippen LogP contribution in [0.3, 0.4) is 0 Å². The topological polar surface area (TPSA) is 15.3 Å².